The number of carbonyl (C=O) groups excluding carboxylic acids is 1. The maximum absolute atomic E-state index is 10.7. The lowest BCUT2D eigenvalue weighted by atomic mass is 10.1. The highest BCUT2D eigenvalue weighted by Crippen LogP contribution is 2.04. The third-order valence-corrected chi connectivity index (χ3v) is 3.26. The fourth-order valence-electron chi connectivity index (χ4n) is 2.13. The number of aryl methyl sites for hydroxylation is 1. The number of aromatic nitrogens is 2. The Morgan fingerprint density at radius 3 is 2.58 bits per heavy atom. The van der Waals surface area contributed by atoms with E-state index in [0.29, 0.717) is 0 Å². The first kappa shape index (κ1) is 13.3. The highest BCUT2D eigenvalue weighted by molar-refractivity contribution is 5.85. The van der Waals surface area contributed by atoms with Crippen LogP contribution in [0, 0.1) is 6.92 Å². The van der Waals surface area contributed by atoms with Gasteiger partial charge in [0.2, 0.25) is 0 Å². The summed E-state index contributed by atoms with van der Waals surface area (Å²) in [7, 11) is 0. The van der Waals surface area contributed by atoms with E-state index in [4.69, 9.17) is 0 Å². The number of imidazole rings is 1. The van der Waals surface area contributed by atoms with Gasteiger partial charge in [-0.25, -0.2) is 9.13 Å². The van der Waals surface area contributed by atoms with Gasteiger partial charge < -0.3 is 9.90 Å². The Kier molecular flexibility index (Phi) is 4.00. The maximum Gasteiger partial charge on any atom is 0.253 e. The van der Waals surface area contributed by atoms with Crippen LogP contribution in [-0.4, -0.2) is 10.5 Å². The standard InChI is InChI=1S/C15H18N2O2/c1-3-8-16-9-10-17(12(16)2)11-13-4-6-14(7-5-13)15(18)19/h4-7,9-10H,3,8,11H2,1-2H3. The molecule has 0 saturated heterocycles. The number of hydrogen-bond donors (Lipinski definition) is 0. The van der Waals surface area contributed by atoms with Crippen LogP contribution in [0.2, 0.25) is 0 Å². The molecular weight excluding hydrogens is 240 g/mol. The number of benzene rings is 1. The molecule has 100 valence electrons. The van der Waals surface area contributed by atoms with Gasteiger partial charge in [0.25, 0.3) is 5.82 Å². The van der Waals surface area contributed by atoms with Crippen LogP contribution in [0.15, 0.2) is 36.7 Å². The van der Waals surface area contributed by atoms with Gasteiger partial charge in [-0.1, -0.05) is 31.2 Å². The largest absolute Gasteiger partial charge is 0.545 e. The number of hydrogen-bond acceptors (Lipinski definition) is 2. The molecule has 2 rings (SSSR count). The van der Waals surface area contributed by atoms with Gasteiger partial charge in [0.15, 0.2) is 0 Å². The predicted octanol–water partition coefficient (Wildman–Crippen LogP) is 0.906. The lowest BCUT2D eigenvalue weighted by Crippen LogP contribution is -2.36. The Bertz CT molecular complexity index is 570. The Morgan fingerprint density at radius 2 is 2.00 bits per heavy atom. The van der Waals surface area contributed by atoms with Crippen molar-refractivity contribution in [2.45, 2.75) is 33.4 Å². The zero-order valence-electron chi connectivity index (χ0n) is 11.3. The van der Waals surface area contributed by atoms with E-state index in [1.807, 2.05) is 12.1 Å². The van der Waals surface area contributed by atoms with Crippen LogP contribution in [-0.2, 0) is 13.1 Å². The van der Waals surface area contributed by atoms with E-state index in [1.54, 1.807) is 12.1 Å². The predicted molar refractivity (Wildman–Crippen MR) is 69.5 cm³/mol. The average Bonchev–Trinajstić information content (AvgIpc) is 2.73. The lowest BCUT2D eigenvalue weighted by molar-refractivity contribution is -0.694. The Balaban J connectivity index is 2.14. The summed E-state index contributed by atoms with van der Waals surface area (Å²) >= 11 is 0. The second-order valence-corrected chi connectivity index (χ2v) is 4.65. The molecule has 0 fully saturated rings. The van der Waals surface area contributed by atoms with Crippen LogP contribution < -0.4 is 9.67 Å². The van der Waals surface area contributed by atoms with Gasteiger partial charge in [-0.15, -0.1) is 0 Å². The zero-order chi connectivity index (χ0) is 13.8. The average molecular weight is 258 g/mol. The fraction of sp³-hybridized carbons (Fsp3) is 0.333. The van der Waals surface area contributed by atoms with E-state index in [-0.39, 0.29) is 5.56 Å². The van der Waals surface area contributed by atoms with Crippen LogP contribution in [0.1, 0.15) is 35.1 Å². The molecule has 4 heteroatoms. The summed E-state index contributed by atoms with van der Waals surface area (Å²) in [4.78, 5) is 10.7. The molecule has 0 N–H and O–H groups in total. The summed E-state index contributed by atoms with van der Waals surface area (Å²) in [5, 5.41) is 10.7. The van der Waals surface area contributed by atoms with E-state index in [1.165, 1.54) is 5.82 Å². The number of aromatic carboxylic acids is 1. The molecule has 0 aliphatic carbocycles. The summed E-state index contributed by atoms with van der Waals surface area (Å²) in [6, 6.07) is 6.83. The first-order valence-electron chi connectivity index (χ1n) is 6.47. The molecular formula is C15H18N2O2. The van der Waals surface area contributed by atoms with Gasteiger partial charge in [-0.05, 0) is 17.5 Å². The van der Waals surface area contributed by atoms with Crippen molar-refractivity contribution >= 4 is 5.97 Å². The maximum atomic E-state index is 10.7. The van der Waals surface area contributed by atoms with Crippen molar-refractivity contribution in [3.05, 3.63) is 53.6 Å². The van der Waals surface area contributed by atoms with Gasteiger partial charge in [-0.2, -0.15) is 0 Å². The highest BCUT2D eigenvalue weighted by Gasteiger charge is 2.11. The molecule has 4 nitrogen and oxygen atoms in total. The van der Waals surface area contributed by atoms with Gasteiger partial charge >= 0.3 is 0 Å². The first-order valence-corrected chi connectivity index (χ1v) is 6.47. The van der Waals surface area contributed by atoms with E-state index in [2.05, 4.69) is 35.4 Å². The van der Waals surface area contributed by atoms with Gasteiger partial charge in [0, 0.05) is 6.92 Å². The number of nitrogens with zero attached hydrogens (tertiary/aromatic N) is 2. The van der Waals surface area contributed by atoms with E-state index in [0.717, 1.165) is 25.1 Å². The molecule has 0 aliphatic rings. The van der Waals surface area contributed by atoms with Gasteiger partial charge in [0.05, 0.1) is 12.5 Å². The summed E-state index contributed by atoms with van der Waals surface area (Å²) in [5.74, 6) is 0.0651. The van der Waals surface area contributed by atoms with Crippen LogP contribution in [0.5, 0.6) is 0 Å². The Hall–Kier alpha value is -2.10. The van der Waals surface area contributed by atoms with Crippen LogP contribution in [0.3, 0.4) is 0 Å². The smallest absolute Gasteiger partial charge is 0.253 e. The van der Waals surface area contributed by atoms with E-state index < -0.39 is 5.97 Å². The van der Waals surface area contributed by atoms with Crippen LogP contribution >= 0.6 is 0 Å². The second-order valence-electron chi connectivity index (χ2n) is 4.65. The monoisotopic (exact) mass is 258 g/mol. The minimum absolute atomic E-state index is 0.217. The molecule has 0 spiro atoms. The molecule has 1 heterocycles. The van der Waals surface area contributed by atoms with Crippen molar-refractivity contribution in [2.75, 3.05) is 0 Å². The minimum atomic E-state index is -1.13. The third-order valence-electron chi connectivity index (χ3n) is 3.26. The van der Waals surface area contributed by atoms with Crippen molar-refractivity contribution in [1.29, 1.82) is 0 Å². The van der Waals surface area contributed by atoms with E-state index >= 15 is 0 Å². The molecule has 0 amide bonds. The molecule has 0 saturated carbocycles. The Morgan fingerprint density at radius 1 is 1.32 bits per heavy atom. The van der Waals surface area contributed by atoms with Gasteiger partial charge in [0.1, 0.15) is 18.9 Å². The third kappa shape index (κ3) is 3.02. The molecule has 0 atom stereocenters. The highest BCUT2D eigenvalue weighted by atomic mass is 16.4. The molecule has 2 aromatic rings. The number of carbonyl (C=O) groups is 1. The summed E-state index contributed by atoms with van der Waals surface area (Å²) < 4.78 is 4.37. The fourth-order valence-corrected chi connectivity index (χ4v) is 2.13. The van der Waals surface area contributed by atoms with E-state index in [9.17, 15) is 9.90 Å². The number of rotatable bonds is 5. The topological polar surface area (TPSA) is 48.9 Å². The van der Waals surface area contributed by atoms with Crippen molar-refractivity contribution < 1.29 is 14.5 Å². The number of carboxylic acid groups (broad SMARTS) is 1. The summed E-state index contributed by atoms with van der Waals surface area (Å²) in [6.07, 6.45) is 5.24. The molecule has 0 aliphatic heterocycles. The molecule has 0 unspecified atom stereocenters. The van der Waals surface area contributed by atoms with Crippen LogP contribution in [0.25, 0.3) is 0 Å². The van der Waals surface area contributed by atoms with Crippen molar-refractivity contribution in [1.82, 2.24) is 4.57 Å². The lowest BCUT2D eigenvalue weighted by Gasteiger charge is -2.04. The molecule has 1 aromatic heterocycles. The normalized spacial score (nSPS) is 10.6. The van der Waals surface area contributed by atoms with Crippen molar-refractivity contribution in [3.63, 3.8) is 0 Å². The SMILES string of the molecule is CCCn1cc[n+](Cc2ccc(C(=O)[O-])cc2)c1C. The summed E-state index contributed by atoms with van der Waals surface area (Å²) in [5.41, 5.74) is 1.29. The zero-order valence-corrected chi connectivity index (χ0v) is 11.3. The first-order chi connectivity index (χ1) is 9.11. The van der Waals surface area contributed by atoms with Crippen molar-refractivity contribution in [2.24, 2.45) is 0 Å². The van der Waals surface area contributed by atoms with Crippen molar-refractivity contribution in [3.8, 4) is 0 Å². The number of carboxylic acids is 1. The minimum Gasteiger partial charge on any atom is -0.545 e. The molecule has 19 heavy (non-hydrogen) atoms. The second kappa shape index (κ2) is 5.69. The Labute approximate surface area is 112 Å². The summed E-state index contributed by atoms with van der Waals surface area (Å²) in [6.45, 7) is 6.01. The molecule has 0 bridgehead atoms. The molecule has 1 aromatic carbocycles. The quantitative estimate of drug-likeness (QED) is 0.748. The van der Waals surface area contributed by atoms with Crippen LogP contribution in [0.4, 0.5) is 0 Å². The molecule has 0 radical (unpaired) electrons. The van der Waals surface area contributed by atoms with Gasteiger partial charge in [-0.3, -0.25) is 0 Å².